The summed E-state index contributed by atoms with van der Waals surface area (Å²) in [4.78, 5) is 32.0. The Morgan fingerprint density at radius 2 is 1.74 bits per heavy atom. The molecule has 1 atom stereocenters. The van der Waals surface area contributed by atoms with E-state index in [2.05, 4.69) is 13.8 Å². The van der Waals surface area contributed by atoms with Gasteiger partial charge in [-0.25, -0.2) is 0 Å². The van der Waals surface area contributed by atoms with Crippen LogP contribution >= 0.6 is 0 Å². The number of carbonyl (C=O) groups excluding carboxylic acids is 2. The summed E-state index contributed by atoms with van der Waals surface area (Å²) >= 11 is 0. The van der Waals surface area contributed by atoms with Crippen LogP contribution in [-0.2, 0) is 9.59 Å². The first-order chi connectivity index (χ1) is 16.6. The standard InChI is InChI=1S/C28H37N3O4/c1-19(2)18-35-23-10-7-9-21(17-23)26(32)24-25(20-11-13-22(14-12-20)30(5)6)31(28(34)27(24)33)16-8-15-29(3)4/h7,9-14,17,19,25,32H,8,15-16,18H2,1-6H3/b26-24-. The highest BCUT2D eigenvalue weighted by atomic mass is 16.5. The zero-order valence-electron chi connectivity index (χ0n) is 21.6. The van der Waals surface area contributed by atoms with Gasteiger partial charge in [-0.1, -0.05) is 38.1 Å². The van der Waals surface area contributed by atoms with Crippen LogP contribution < -0.4 is 9.64 Å². The number of aliphatic hydroxyl groups is 1. The first-order valence-corrected chi connectivity index (χ1v) is 12.0. The number of rotatable bonds is 10. The maximum atomic E-state index is 13.2. The van der Waals surface area contributed by atoms with Crippen LogP contribution in [0.25, 0.3) is 5.76 Å². The van der Waals surface area contributed by atoms with Gasteiger partial charge in [-0.15, -0.1) is 0 Å². The molecule has 3 rings (SSSR count). The molecule has 1 N–H and O–H groups in total. The van der Waals surface area contributed by atoms with Crippen molar-refractivity contribution in [3.05, 3.63) is 65.2 Å². The van der Waals surface area contributed by atoms with Crippen molar-refractivity contribution in [3.8, 4) is 5.75 Å². The molecular weight excluding hydrogens is 442 g/mol. The Hall–Kier alpha value is -3.32. The number of carbonyl (C=O) groups is 2. The van der Waals surface area contributed by atoms with Crippen molar-refractivity contribution in [1.82, 2.24) is 9.80 Å². The summed E-state index contributed by atoms with van der Waals surface area (Å²) in [5, 5.41) is 11.3. The first-order valence-electron chi connectivity index (χ1n) is 12.0. The molecule has 0 aliphatic carbocycles. The fourth-order valence-corrected chi connectivity index (χ4v) is 4.12. The second-order valence-electron chi connectivity index (χ2n) is 9.87. The highest BCUT2D eigenvalue weighted by molar-refractivity contribution is 6.46. The van der Waals surface area contributed by atoms with Gasteiger partial charge in [0.05, 0.1) is 18.2 Å². The van der Waals surface area contributed by atoms with Crippen molar-refractivity contribution in [1.29, 1.82) is 0 Å². The van der Waals surface area contributed by atoms with E-state index in [0.717, 1.165) is 17.8 Å². The largest absolute Gasteiger partial charge is 0.507 e. The number of hydrogen-bond donors (Lipinski definition) is 1. The molecule has 1 heterocycles. The van der Waals surface area contributed by atoms with Crippen LogP contribution in [0.5, 0.6) is 5.75 Å². The molecule has 1 aliphatic rings. The zero-order chi connectivity index (χ0) is 25.7. The van der Waals surface area contributed by atoms with Crippen LogP contribution in [0.15, 0.2) is 54.1 Å². The van der Waals surface area contributed by atoms with Gasteiger partial charge in [0.1, 0.15) is 11.5 Å². The summed E-state index contributed by atoms with van der Waals surface area (Å²) in [6, 6.07) is 14.1. The average molecular weight is 480 g/mol. The summed E-state index contributed by atoms with van der Waals surface area (Å²) in [7, 11) is 7.85. The minimum Gasteiger partial charge on any atom is -0.507 e. The predicted molar refractivity (Wildman–Crippen MR) is 140 cm³/mol. The van der Waals surface area contributed by atoms with Gasteiger partial charge >= 0.3 is 0 Å². The van der Waals surface area contributed by atoms with Gasteiger partial charge in [0, 0.05) is 31.9 Å². The molecule has 0 radical (unpaired) electrons. The number of likely N-dealkylation sites (tertiary alicyclic amines) is 1. The SMILES string of the molecule is CC(C)COc1cccc(/C(O)=C2/C(=O)C(=O)N(CCCN(C)C)C2c2ccc(N(C)C)cc2)c1. The molecule has 7 heteroatoms. The van der Waals surface area contributed by atoms with E-state index in [1.807, 2.05) is 68.3 Å². The third-order valence-electron chi connectivity index (χ3n) is 5.96. The molecule has 7 nitrogen and oxygen atoms in total. The van der Waals surface area contributed by atoms with Gasteiger partial charge in [-0.05, 0) is 62.8 Å². The number of ether oxygens (including phenoxy) is 1. The van der Waals surface area contributed by atoms with Gasteiger partial charge in [0.2, 0.25) is 0 Å². The maximum absolute atomic E-state index is 13.2. The van der Waals surface area contributed by atoms with E-state index in [0.29, 0.717) is 36.8 Å². The highest BCUT2D eigenvalue weighted by Crippen LogP contribution is 2.40. The Kier molecular flexibility index (Phi) is 8.57. The van der Waals surface area contributed by atoms with Crippen molar-refractivity contribution >= 4 is 23.1 Å². The number of nitrogens with zero attached hydrogens (tertiary/aromatic N) is 3. The van der Waals surface area contributed by atoms with Crippen LogP contribution in [0.3, 0.4) is 0 Å². The number of Topliss-reactive ketones (excluding diaryl/α,β-unsaturated/α-hetero) is 1. The van der Waals surface area contributed by atoms with Crippen molar-refractivity contribution in [3.63, 3.8) is 0 Å². The molecule has 35 heavy (non-hydrogen) atoms. The van der Waals surface area contributed by atoms with Crippen LogP contribution in [0.2, 0.25) is 0 Å². The zero-order valence-corrected chi connectivity index (χ0v) is 21.6. The van der Waals surface area contributed by atoms with Crippen LogP contribution in [0, 0.1) is 5.92 Å². The Morgan fingerprint density at radius 3 is 2.34 bits per heavy atom. The van der Waals surface area contributed by atoms with E-state index in [4.69, 9.17) is 4.74 Å². The van der Waals surface area contributed by atoms with Crippen molar-refractivity contribution in [2.24, 2.45) is 5.92 Å². The molecular formula is C28H37N3O4. The normalized spacial score (nSPS) is 17.5. The topological polar surface area (TPSA) is 73.3 Å². The Morgan fingerprint density at radius 1 is 1.06 bits per heavy atom. The molecule has 188 valence electrons. The lowest BCUT2D eigenvalue weighted by Gasteiger charge is -2.26. The van der Waals surface area contributed by atoms with Gasteiger partial charge in [-0.3, -0.25) is 9.59 Å². The molecule has 1 unspecified atom stereocenters. The summed E-state index contributed by atoms with van der Waals surface area (Å²) in [6.07, 6.45) is 0.713. The minimum atomic E-state index is -0.664. The number of amides is 1. The van der Waals surface area contributed by atoms with Gasteiger partial charge in [0.25, 0.3) is 11.7 Å². The van der Waals surface area contributed by atoms with Crippen molar-refractivity contribution in [2.75, 3.05) is 52.8 Å². The summed E-state index contributed by atoms with van der Waals surface area (Å²) in [5.74, 6) is -0.475. The summed E-state index contributed by atoms with van der Waals surface area (Å²) in [5.41, 5.74) is 2.35. The second kappa shape index (κ2) is 11.4. The maximum Gasteiger partial charge on any atom is 0.295 e. The quantitative estimate of drug-likeness (QED) is 0.313. The predicted octanol–water partition coefficient (Wildman–Crippen LogP) is 4.16. The number of aliphatic hydroxyl groups excluding tert-OH is 1. The average Bonchev–Trinajstić information content (AvgIpc) is 3.07. The third kappa shape index (κ3) is 6.22. The molecule has 0 bridgehead atoms. The molecule has 0 saturated carbocycles. The minimum absolute atomic E-state index is 0.110. The molecule has 2 aromatic rings. The molecule has 1 fully saturated rings. The number of hydrogen-bond acceptors (Lipinski definition) is 6. The fourth-order valence-electron chi connectivity index (χ4n) is 4.12. The lowest BCUT2D eigenvalue weighted by molar-refractivity contribution is -0.139. The molecule has 1 aliphatic heterocycles. The number of ketones is 1. The lowest BCUT2D eigenvalue weighted by Crippen LogP contribution is -2.32. The van der Waals surface area contributed by atoms with Crippen molar-refractivity contribution in [2.45, 2.75) is 26.3 Å². The summed E-state index contributed by atoms with van der Waals surface area (Å²) in [6.45, 7) is 5.85. The Bertz CT molecular complexity index is 1070. The van der Waals surface area contributed by atoms with Crippen molar-refractivity contribution < 1.29 is 19.4 Å². The highest BCUT2D eigenvalue weighted by Gasteiger charge is 2.45. The van der Waals surface area contributed by atoms with Crippen LogP contribution in [-0.4, -0.2) is 74.5 Å². The van der Waals surface area contributed by atoms with E-state index in [9.17, 15) is 14.7 Å². The van der Waals surface area contributed by atoms with Gasteiger partial charge < -0.3 is 24.5 Å². The van der Waals surface area contributed by atoms with Gasteiger partial charge in [-0.2, -0.15) is 0 Å². The smallest absolute Gasteiger partial charge is 0.295 e. The number of benzene rings is 2. The third-order valence-corrected chi connectivity index (χ3v) is 5.96. The molecule has 2 aromatic carbocycles. The Balaban J connectivity index is 2.05. The van der Waals surface area contributed by atoms with Crippen LogP contribution in [0.4, 0.5) is 5.69 Å². The molecule has 1 saturated heterocycles. The summed E-state index contributed by atoms with van der Waals surface area (Å²) < 4.78 is 5.81. The van der Waals surface area contributed by atoms with E-state index in [-0.39, 0.29) is 11.3 Å². The monoisotopic (exact) mass is 479 g/mol. The molecule has 0 aromatic heterocycles. The van der Waals surface area contributed by atoms with E-state index in [1.54, 1.807) is 23.1 Å². The first kappa shape index (κ1) is 26.3. The number of anilines is 1. The molecule has 1 amide bonds. The van der Waals surface area contributed by atoms with E-state index in [1.165, 1.54) is 0 Å². The Labute approximate surface area is 208 Å². The fraction of sp³-hybridized carbons (Fsp3) is 0.429. The lowest BCUT2D eigenvalue weighted by atomic mass is 9.95. The van der Waals surface area contributed by atoms with Gasteiger partial charge in [0.15, 0.2) is 0 Å². The van der Waals surface area contributed by atoms with E-state index >= 15 is 0 Å². The molecule has 0 spiro atoms. The van der Waals surface area contributed by atoms with Crippen LogP contribution in [0.1, 0.15) is 37.4 Å². The van der Waals surface area contributed by atoms with E-state index < -0.39 is 17.7 Å². The second-order valence-corrected chi connectivity index (χ2v) is 9.87.